The second kappa shape index (κ2) is 12.3. The number of hydrogen-bond acceptors (Lipinski definition) is 5. The molecule has 230 valence electrons. The van der Waals surface area contributed by atoms with Gasteiger partial charge < -0.3 is 24.5 Å². The van der Waals surface area contributed by atoms with Crippen LogP contribution in [0.2, 0.25) is 0 Å². The third kappa shape index (κ3) is 5.21. The largest absolute Gasteiger partial charge is 0.394 e. The first kappa shape index (κ1) is 32.0. The smallest absolute Gasteiger partial charge is 0.253 e. The van der Waals surface area contributed by atoms with E-state index in [0.29, 0.717) is 32.4 Å². The van der Waals surface area contributed by atoms with Crippen molar-refractivity contribution in [2.24, 2.45) is 17.8 Å². The zero-order chi connectivity index (χ0) is 31.0. The Morgan fingerprint density at radius 2 is 1.86 bits per heavy atom. The molecule has 1 N–H and O–H groups in total. The van der Waals surface area contributed by atoms with E-state index in [-0.39, 0.29) is 36.8 Å². The second-order valence-corrected chi connectivity index (χ2v) is 13.0. The summed E-state index contributed by atoms with van der Waals surface area (Å²) in [7, 11) is 0. The molecule has 8 nitrogen and oxygen atoms in total. The van der Waals surface area contributed by atoms with Crippen molar-refractivity contribution in [3.05, 3.63) is 54.6 Å². The summed E-state index contributed by atoms with van der Waals surface area (Å²) < 4.78 is 6.87. The highest BCUT2D eigenvalue weighted by Gasteiger charge is 2.78. The number of aryl methyl sites for hydroxylation is 2. The minimum atomic E-state index is -1.17. The van der Waals surface area contributed by atoms with E-state index >= 15 is 0 Å². The van der Waals surface area contributed by atoms with Crippen LogP contribution < -0.4 is 4.90 Å². The Balaban J connectivity index is 1.88. The van der Waals surface area contributed by atoms with Crippen molar-refractivity contribution in [1.29, 1.82) is 0 Å². The number of aliphatic hydroxyl groups is 1. The number of amides is 3. The molecule has 2 bridgehead atoms. The van der Waals surface area contributed by atoms with Gasteiger partial charge in [0.25, 0.3) is 5.91 Å². The summed E-state index contributed by atoms with van der Waals surface area (Å²) in [6.45, 7) is 20.6. The molecule has 3 heterocycles. The van der Waals surface area contributed by atoms with Crippen LogP contribution in [0.25, 0.3) is 0 Å². The van der Waals surface area contributed by atoms with Crippen LogP contribution in [0.15, 0.2) is 43.5 Å². The van der Waals surface area contributed by atoms with Crippen LogP contribution >= 0.6 is 0 Å². The summed E-state index contributed by atoms with van der Waals surface area (Å²) >= 11 is 0. The van der Waals surface area contributed by atoms with E-state index in [4.69, 9.17) is 4.74 Å². The SMILES string of the molecule is C=CCN(CCC)C(=O)[C@@H]1[C@H]2C(=O)N([C@@H](CO)CC(C)C)C(C(=O)N(CC=C)c3cc(C)ccc3C)C23CC[C@@]1(C)O3. The van der Waals surface area contributed by atoms with Crippen molar-refractivity contribution in [2.75, 3.05) is 31.1 Å². The van der Waals surface area contributed by atoms with Crippen LogP contribution in [-0.4, -0.2) is 82.2 Å². The van der Waals surface area contributed by atoms with Gasteiger partial charge in [-0.25, -0.2) is 0 Å². The number of carbonyl (C=O) groups is 3. The standard InChI is InChI=1S/C34H49N3O5/c1-9-16-35(17-10-2)30(39)27-28-31(40)37(25(21-38)19-22(4)5)29(34(28)15-14-33(27,8)42-34)32(41)36(18-11-3)26-20-23(6)12-13-24(26)7/h9,11-13,20,22,25,27-29,38H,1,3,10,14-19,21H2,2,4-8H3/t25-,27+,28+,29?,33-,34?/m1/s1. The third-order valence-electron chi connectivity index (χ3n) is 9.45. The lowest BCUT2D eigenvalue weighted by Crippen LogP contribution is -2.59. The predicted molar refractivity (Wildman–Crippen MR) is 165 cm³/mol. The molecule has 0 aromatic heterocycles. The lowest BCUT2D eigenvalue weighted by Gasteiger charge is -2.40. The number of hydrogen-bond donors (Lipinski definition) is 1. The molecule has 0 saturated carbocycles. The summed E-state index contributed by atoms with van der Waals surface area (Å²) in [4.78, 5) is 48.8. The topological polar surface area (TPSA) is 90.4 Å². The van der Waals surface area contributed by atoms with Crippen molar-refractivity contribution < 1.29 is 24.2 Å². The van der Waals surface area contributed by atoms with Gasteiger partial charge >= 0.3 is 0 Å². The maximum Gasteiger partial charge on any atom is 0.253 e. The van der Waals surface area contributed by atoms with Gasteiger partial charge in [0.2, 0.25) is 11.8 Å². The number of ether oxygens (including phenoxy) is 1. The molecule has 2 unspecified atom stereocenters. The highest BCUT2D eigenvalue weighted by Crippen LogP contribution is 2.64. The average Bonchev–Trinajstić information content (AvgIpc) is 3.51. The Morgan fingerprint density at radius 3 is 2.45 bits per heavy atom. The molecule has 0 aliphatic carbocycles. The third-order valence-corrected chi connectivity index (χ3v) is 9.45. The van der Waals surface area contributed by atoms with Crippen molar-refractivity contribution >= 4 is 23.4 Å². The summed E-state index contributed by atoms with van der Waals surface area (Å²) in [5.74, 6) is -2.04. The predicted octanol–water partition coefficient (Wildman–Crippen LogP) is 4.42. The molecule has 3 fully saturated rings. The number of carbonyl (C=O) groups excluding carboxylic acids is 3. The molecule has 3 aliphatic rings. The van der Waals surface area contributed by atoms with Gasteiger partial charge in [0.05, 0.1) is 30.1 Å². The lowest BCUT2D eigenvalue weighted by atomic mass is 9.66. The first-order chi connectivity index (χ1) is 19.9. The molecule has 1 aromatic carbocycles. The van der Waals surface area contributed by atoms with E-state index in [9.17, 15) is 19.5 Å². The molecule has 1 spiro atoms. The van der Waals surface area contributed by atoms with Gasteiger partial charge in [0, 0.05) is 25.3 Å². The Hall–Kier alpha value is -2.97. The van der Waals surface area contributed by atoms with Crippen molar-refractivity contribution in [3.8, 4) is 0 Å². The van der Waals surface area contributed by atoms with Crippen molar-refractivity contribution in [1.82, 2.24) is 9.80 Å². The molecular weight excluding hydrogens is 530 g/mol. The summed E-state index contributed by atoms with van der Waals surface area (Å²) in [6, 6.07) is 4.40. The van der Waals surface area contributed by atoms with E-state index in [1.54, 1.807) is 26.9 Å². The Bertz CT molecular complexity index is 1230. The number of likely N-dealkylation sites (tertiary alicyclic amines) is 1. The molecule has 3 amide bonds. The van der Waals surface area contributed by atoms with Crippen molar-refractivity contribution in [3.63, 3.8) is 0 Å². The maximum absolute atomic E-state index is 14.9. The van der Waals surface area contributed by atoms with Crippen LogP contribution in [0.3, 0.4) is 0 Å². The van der Waals surface area contributed by atoms with Crippen LogP contribution in [0.1, 0.15) is 64.5 Å². The van der Waals surface area contributed by atoms with Gasteiger partial charge in [-0.05, 0) is 69.6 Å². The average molecular weight is 580 g/mol. The maximum atomic E-state index is 14.9. The van der Waals surface area contributed by atoms with Crippen LogP contribution in [0.4, 0.5) is 5.69 Å². The van der Waals surface area contributed by atoms with E-state index in [1.165, 1.54) is 0 Å². The molecule has 3 aliphatic heterocycles. The highest BCUT2D eigenvalue weighted by atomic mass is 16.5. The lowest BCUT2D eigenvalue weighted by molar-refractivity contribution is -0.152. The number of rotatable bonds is 13. The molecule has 4 rings (SSSR count). The Morgan fingerprint density at radius 1 is 1.17 bits per heavy atom. The summed E-state index contributed by atoms with van der Waals surface area (Å²) in [5.41, 5.74) is 0.651. The number of anilines is 1. The minimum absolute atomic E-state index is 0.130. The van der Waals surface area contributed by atoms with Gasteiger partial charge in [-0.1, -0.05) is 45.1 Å². The van der Waals surface area contributed by atoms with Gasteiger partial charge in [-0.15, -0.1) is 13.2 Å². The fraction of sp³-hybridized carbons (Fsp3) is 0.618. The Labute approximate surface area is 251 Å². The van der Waals surface area contributed by atoms with Crippen molar-refractivity contribution in [2.45, 2.75) is 90.5 Å². The van der Waals surface area contributed by atoms with Gasteiger partial charge in [-0.3, -0.25) is 14.4 Å². The van der Waals surface area contributed by atoms with Crippen LogP contribution in [0, 0.1) is 31.6 Å². The van der Waals surface area contributed by atoms with E-state index in [2.05, 4.69) is 13.2 Å². The first-order valence-electron chi connectivity index (χ1n) is 15.4. The fourth-order valence-corrected chi connectivity index (χ4v) is 7.74. The highest BCUT2D eigenvalue weighted by molar-refractivity contribution is 6.05. The van der Waals surface area contributed by atoms with Gasteiger partial charge in [0.15, 0.2) is 0 Å². The van der Waals surface area contributed by atoms with Crippen LogP contribution in [-0.2, 0) is 19.1 Å². The number of nitrogens with zero attached hydrogens (tertiary/aromatic N) is 3. The van der Waals surface area contributed by atoms with Gasteiger partial charge in [-0.2, -0.15) is 0 Å². The first-order valence-corrected chi connectivity index (χ1v) is 15.4. The molecule has 0 radical (unpaired) electrons. The monoisotopic (exact) mass is 579 g/mol. The van der Waals surface area contributed by atoms with E-state index < -0.39 is 35.1 Å². The molecule has 3 saturated heterocycles. The number of benzene rings is 1. The summed E-state index contributed by atoms with van der Waals surface area (Å²) in [6.07, 6.45) is 5.74. The molecule has 42 heavy (non-hydrogen) atoms. The van der Waals surface area contributed by atoms with Crippen LogP contribution in [0.5, 0.6) is 0 Å². The number of aliphatic hydroxyl groups excluding tert-OH is 1. The fourth-order valence-electron chi connectivity index (χ4n) is 7.74. The zero-order valence-corrected chi connectivity index (χ0v) is 26.3. The number of fused-ring (bicyclic) bond motifs is 1. The Kier molecular flexibility index (Phi) is 9.38. The quantitative estimate of drug-likeness (QED) is 0.350. The van der Waals surface area contributed by atoms with E-state index in [0.717, 1.165) is 23.2 Å². The second-order valence-electron chi connectivity index (χ2n) is 13.0. The molecule has 8 heteroatoms. The molecule has 6 atom stereocenters. The molecular formula is C34H49N3O5. The summed E-state index contributed by atoms with van der Waals surface area (Å²) in [5, 5.41) is 10.6. The minimum Gasteiger partial charge on any atom is -0.394 e. The molecule has 1 aromatic rings. The van der Waals surface area contributed by atoms with Gasteiger partial charge in [0.1, 0.15) is 11.6 Å². The van der Waals surface area contributed by atoms with E-state index in [1.807, 2.05) is 59.7 Å². The normalized spacial score (nSPS) is 28.6. The zero-order valence-electron chi connectivity index (χ0n) is 26.3.